The van der Waals surface area contributed by atoms with Crippen LogP contribution in [0.25, 0.3) is 0 Å². The van der Waals surface area contributed by atoms with Gasteiger partial charge in [0, 0.05) is 18.4 Å². The first-order chi connectivity index (χ1) is 19.3. The Labute approximate surface area is 251 Å². The van der Waals surface area contributed by atoms with Crippen LogP contribution < -0.4 is 11.1 Å². The number of rotatable bonds is 9. The first-order valence-electron chi connectivity index (χ1n) is 17.5. The van der Waals surface area contributed by atoms with E-state index in [1.165, 1.54) is 56.9 Å². The molecule has 0 heterocycles. The van der Waals surface area contributed by atoms with Crippen molar-refractivity contribution >= 4 is 11.7 Å². The van der Waals surface area contributed by atoms with Crippen LogP contribution in [0.5, 0.6) is 0 Å². The van der Waals surface area contributed by atoms with Crippen LogP contribution in [0.3, 0.4) is 0 Å². The van der Waals surface area contributed by atoms with Gasteiger partial charge in [0.1, 0.15) is 5.78 Å². The maximum absolute atomic E-state index is 14.2. The molecule has 232 valence electrons. The molecule has 0 bridgehead atoms. The predicted molar refractivity (Wildman–Crippen MR) is 169 cm³/mol. The lowest BCUT2D eigenvalue weighted by molar-refractivity contribution is -0.233. The molecule has 0 aromatic heterocycles. The Bertz CT molecular complexity index is 1030. The summed E-state index contributed by atoms with van der Waals surface area (Å²) in [5, 5.41) is 3.47. The molecule has 41 heavy (non-hydrogen) atoms. The SMILES string of the molecule is C=C(C)[C@@H]1CC[C@]2(C(=O)NCCCCCCCN)CC[C@]3(C)[C@H](CCC4[C@@]5(C)CCC(=O)C(C)(C)[C@@H]5CC[C@]43C)[C@@H]12. The van der Waals surface area contributed by atoms with Crippen molar-refractivity contribution in [1.82, 2.24) is 5.32 Å². The second-order valence-corrected chi connectivity index (χ2v) is 16.8. The van der Waals surface area contributed by atoms with E-state index in [1.54, 1.807) is 0 Å². The zero-order valence-corrected chi connectivity index (χ0v) is 27.5. The van der Waals surface area contributed by atoms with Gasteiger partial charge in [0.2, 0.25) is 5.91 Å². The van der Waals surface area contributed by atoms with Gasteiger partial charge in [0.05, 0.1) is 5.41 Å². The van der Waals surface area contributed by atoms with E-state index < -0.39 is 0 Å². The maximum Gasteiger partial charge on any atom is 0.226 e. The molecule has 5 rings (SSSR count). The first kappa shape index (κ1) is 31.3. The Morgan fingerprint density at radius 1 is 0.854 bits per heavy atom. The highest BCUT2D eigenvalue weighted by molar-refractivity contribution is 5.85. The van der Waals surface area contributed by atoms with Crippen LogP contribution in [0.2, 0.25) is 0 Å². The normalized spacial score (nSPS) is 44.8. The lowest BCUT2D eigenvalue weighted by atomic mass is 9.32. The summed E-state index contributed by atoms with van der Waals surface area (Å²) in [4.78, 5) is 27.3. The van der Waals surface area contributed by atoms with Crippen molar-refractivity contribution in [1.29, 1.82) is 0 Å². The fourth-order valence-electron chi connectivity index (χ4n) is 12.5. The third kappa shape index (κ3) is 4.62. The quantitative estimate of drug-likeness (QED) is 0.218. The molecule has 4 heteroatoms. The molecular weight excluding hydrogens is 504 g/mol. The van der Waals surface area contributed by atoms with Crippen molar-refractivity contribution < 1.29 is 9.59 Å². The molecule has 3 N–H and O–H groups in total. The number of carbonyl (C=O) groups excluding carboxylic acids is 2. The van der Waals surface area contributed by atoms with Gasteiger partial charge in [-0.15, -0.1) is 0 Å². The summed E-state index contributed by atoms with van der Waals surface area (Å²) in [5.74, 6) is 3.44. The summed E-state index contributed by atoms with van der Waals surface area (Å²) < 4.78 is 0. The van der Waals surface area contributed by atoms with Gasteiger partial charge in [0.15, 0.2) is 0 Å². The van der Waals surface area contributed by atoms with Gasteiger partial charge in [0.25, 0.3) is 0 Å². The lowest BCUT2D eigenvalue weighted by Crippen LogP contribution is -2.67. The van der Waals surface area contributed by atoms with Crippen molar-refractivity contribution in [2.75, 3.05) is 13.1 Å². The van der Waals surface area contributed by atoms with E-state index in [1.807, 2.05) is 0 Å². The van der Waals surface area contributed by atoms with Gasteiger partial charge >= 0.3 is 0 Å². The number of hydrogen-bond donors (Lipinski definition) is 2. The topological polar surface area (TPSA) is 72.2 Å². The highest BCUT2D eigenvalue weighted by Gasteiger charge is 2.71. The van der Waals surface area contributed by atoms with E-state index in [9.17, 15) is 9.59 Å². The zero-order chi connectivity index (χ0) is 29.8. The number of hydrogen-bond acceptors (Lipinski definition) is 3. The largest absolute Gasteiger partial charge is 0.356 e. The summed E-state index contributed by atoms with van der Waals surface area (Å²) >= 11 is 0. The molecule has 4 nitrogen and oxygen atoms in total. The Kier molecular flexibility index (Phi) is 8.45. The van der Waals surface area contributed by atoms with Gasteiger partial charge in [-0.2, -0.15) is 0 Å². The predicted octanol–water partition coefficient (Wildman–Crippen LogP) is 8.24. The molecule has 5 aliphatic carbocycles. The van der Waals surface area contributed by atoms with E-state index in [4.69, 9.17) is 5.73 Å². The molecule has 5 aliphatic rings. The molecule has 9 atom stereocenters. The van der Waals surface area contributed by atoms with Crippen molar-refractivity contribution in [2.24, 2.45) is 62.4 Å². The van der Waals surface area contributed by atoms with Gasteiger partial charge in [-0.1, -0.05) is 66.0 Å². The molecule has 0 spiro atoms. The molecule has 0 saturated heterocycles. The highest BCUT2D eigenvalue weighted by Crippen LogP contribution is 2.77. The number of nitrogens with two attached hydrogens (primary N) is 1. The van der Waals surface area contributed by atoms with Crippen molar-refractivity contribution in [2.45, 2.75) is 138 Å². The first-order valence-corrected chi connectivity index (χ1v) is 17.5. The zero-order valence-electron chi connectivity index (χ0n) is 27.5. The summed E-state index contributed by atoms with van der Waals surface area (Å²) in [6.45, 7) is 20.7. The van der Waals surface area contributed by atoms with E-state index in [-0.39, 0.29) is 27.1 Å². The van der Waals surface area contributed by atoms with Crippen LogP contribution in [0.1, 0.15) is 138 Å². The fourth-order valence-corrected chi connectivity index (χ4v) is 12.5. The number of nitrogens with one attached hydrogen (secondary N) is 1. The average Bonchev–Trinajstić information content (AvgIpc) is 3.32. The minimum absolute atomic E-state index is 0.202. The molecule has 0 aliphatic heterocycles. The monoisotopic (exact) mass is 566 g/mol. The van der Waals surface area contributed by atoms with Crippen LogP contribution in [-0.4, -0.2) is 24.8 Å². The number of amides is 1. The number of carbonyl (C=O) groups is 2. The second kappa shape index (κ2) is 11.1. The molecule has 5 saturated carbocycles. The summed E-state index contributed by atoms with van der Waals surface area (Å²) in [7, 11) is 0. The number of unbranched alkanes of at least 4 members (excludes halogenated alkanes) is 4. The minimum atomic E-state index is -0.225. The van der Waals surface area contributed by atoms with Crippen LogP contribution in [0.4, 0.5) is 0 Å². The van der Waals surface area contributed by atoms with Crippen LogP contribution in [0, 0.1) is 56.7 Å². The summed E-state index contributed by atoms with van der Waals surface area (Å²) in [6.07, 6.45) is 16.8. The van der Waals surface area contributed by atoms with Gasteiger partial charge in [-0.3, -0.25) is 9.59 Å². The molecule has 0 aromatic rings. The van der Waals surface area contributed by atoms with Crippen LogP contribution >= 0.6 is 0 Å². The van der Waals surface area contributed by atoms with Gasteiger partial charge < -0.3 is 11.1 Å². The fraction of sp³-hybridized carbons (Fsp3) is 0.892. The molecule has 1 amide bonds. The number of fused-ring (bicyclic) bond motifs is 7. The lowest BCUT2D eigenvalue weighted by Gasteiger charge is -2.72. The average molecular weight is 567 g/mol. The van der Waals surface area contributed by atoms with E-state index >= 15 is 0 Å². The van der Waals surface area contributed by atoms with Crippen LogP contribution in [0.15, 0.2) is 12.2 Å². The highest BCUT2D eigenvalue weighted by atomic mass is 16.2. The van der Waals surface area contributed by atoms with Gasteiger partial charge in [-0.05, 0) is 130 Å². The standard InChI is InChI=1S/C37H62N2O2/c1-25(2)26-15-20-37(32(41)39-24-12-10-8-9-11-23-38)22-21-35(6)27(31(26)37)13-14-29-34(5)18-17-30(40)33(3,4)28(34)16-19-36(29,35)7/h26-29,31H,1,8-24,38H2,2-7H3,(H,39,41)/t26-,27+,28-,29?,31+,34-,35+,36+,37-/m0/s1. The summed E-state index contributed by atoms with van der Waals surface area (Å²) in [5.41, 5.74) is 7.23. The number of ketones is 1. The van der Waals surface area contributed by atoms with E-state index in [0.717, 1.165) is 58.0 Å². The Morgan fingerprint density at radius 2 is 1.56 bits per heavy atom. The van der Waals surface area contributed by atoms with Gasteiger partial charge in [-0.25, -0.2) is 0 Å². The molecular formula is C37H62N2O2. The third-order valence-corrected chi connectivity index (χ3v) is 14.9. The Balaban J connectivity index is 1.40. The molecule has 1 unspecified atom stereocenters. The smallest absolute Gasteiger partial charge is 0.226 e. The van der Waals surface area contributed by atoms with E-state index in [2.05, 4.69) is 53.4 Å². The van der Waals surface area contributed by atoms with E-state index in [0.29, 0.717) is 41.3 Å². The third-order valence-electron chi connectivity index (χ3n) is 14.9. The van der Waals surface area contributed by atoms with Crippen molar-refractivity contribution in [3.63, 3.8) is 0 Å². The summed E-state index contributed by atoms with van der Waals surface area (Å²) in [6, 6.07) is 0. The minimum Gasteiger partial charge on any atom is -0.356 e. The maximum atomic E-state index is 14.2. The molecule has 0 radical (unpaired) electrons. The number of allylic oxidation sites excluding steroid dienone is 1. The van der Waals surface area contributed by atoms with Crippen molar-refractivity contribution in [3.05, 3.63) is 12.2 Å². The van der Waals surface area contributed by atoms with Crippen LogP contribution in [-0.2, 0) is 9.59 Å². The Hall–Kier alpha value is -1.16. The Morgan fingerprint density at radius 3 is 2.27 bits per heavy atom. The van der Waals surface area contributed by atoms with Crippen molar-refractivity contribution in [3.8, 4) is 0 Å². The molecule has 5 fully saturated rings. The number of Topliss-reactive ketones (excluding diaryl/α,β-unsaturated/α-hetero) is 1. The molecule has 0 aromatic carbocycles. The second-order valence-electron chi connectivity index (χ2n) is 16.8.